The van der Waals surface area contributed by atoms with Crippen molar-refractivity contribution in [3.63, 3.8) is 0 Å². The molecular formula is C20H15NO5. The Labute approximate surface area is 149 Å². The second kappa shape index (κ2) is 6.40. The van der Waals surface area contributed by atoms with Gasteiger partial charge in [-0.2, -0.15) is 0 Å². The van der Waals surface area contributed by atoms with E-state index in [4.69, 9.17) is 14.2 Å². The summed E-state index contributed by atoms with van der Waals surface area (Å²) in [7, 11) is 1.25. The van der Waals surface area contributed by atoms with Gasteiger partial charge in [0.2, 0.25) is 12.6 Å². The number of aromatic nitrogens is 1. The number of ether oxygens (including phenoxy) is 3. The Morgan fingerprint density at radius 2 is 1.92 bits per heavy atom. The highest BCUT2D eigenvalue weighted by atomic mass is 16.7. The minimum absolute atomic E-state index is 0.0591. The summed E-state index contributed by atoms with van der Waals surface area (Å²) in [6, 6.07) is 12.6. The number of H-pyrrole nitrogens is 1. The fraction of sp³-hybridized carbons (Fsp3) is 0.100. The first-order valence-electron chi connectivity index (χ1n) is 7.98. The smallest absolute Gasteiger partial charge is 0.341 e. The summed E-state index contributed by atoms with van der Waals surface area (Å²) < 4.78 is 15.4. The molecule has 0 aliphatic carbocycles. The van der Waals surface area contributed by atoms with Crippen molar-refractivity contribution in [1.82, 2.24) is 4.98 Å². The Hall–Kier alpha value is -3.54. The Bertz CT molecular complexity index is 1050. The van der Waals surface area contributed by atoms with E-state index in [1.165, 1.54) is 13.2 Å². The maximum Gasteiger partial charge on any atom is 0.341 e. The average Bonchev–Trinajstić information content (AvgIpc) is 3.31. The Kier molecular flexibility index (Phi) is 3.93. The van der Waals surface area contributed by atoms with Crippen LogP contribution in [0.15, 0.2) is 54.2 Å². The molecule has 1 N–H and O–H groups in total. The van der Waals surface area contributed by atoms with Gasteiger partial charge in [0.15, 0.2) is 11.5 Å². The van der Waals surface area contributed by atoms with Crippen molar-refractivity contribution >= 4 is 28.7 Å². The van der Waals surface area contributed by atoms with Crippen molar-refractivity contribution in [2.24, 2.45) is 0 Å². The topological polar surface area (TPSA) is 77.6 Å². The molecular weight excluding hydrogens is 334 g/mol. The van der Waals surface area contributed by atoms with E-state index in [1.807, 2.05) is 24.3 Å². The lowest BCUT2D eigenvalue weighted by atomic mass is 10.0. The van der Waals surface area contributed by atoms with Gasteiger partial charge >= 0.3 is 5.97 Å². The number of nitrogens with one attached hydrogen (secondary N) is 1. The van der Waals surface area contributed by atoms with Gasteiger partial charge in [-0.05, 0) is 29.8 Å². The zero-order valence-electron chi connectivity index (χ0n) is 13.9. The van der Waals surface area contributed by atoms with Crippen molar-refractivity contribution in [2.75, 3.05) is 13.9 Å². The summed E-state index contributed by atoms with van der Waals surface area (Å²) in [5, 5.41) is 0.748. The van der Waals surface area contributed by atoms with Gasteiger partial charge in [-0.25, -0.2) is 4.79 Å². The Morgan fingerprint density at radius 3 is 2.77 bits per heavy atom. The lowest BCUT2D eigenvalue weighted by molar-refractivity contribution is -0.135. The predicted octanol–water partition coefficient (Wildman–Crippen LogP) is 3.34. The molecule has 1 aliphatic heterocycles. The first-order chi connectivity index (χ1) is 12.7. The number of benzene rings is 2. The number of para-hydroxylation sites is 1. The highest BCUT2D eigenvalue weighted by Crippen LogP contribution is 2.33. The van der Waals surface area contributed by atoms with Crippen LogP contribution in [0.3, 0.4) is 0 Å². The van der Waals surface area contributed by atoms with E-state index in [1.54, 1.807) is 24.4 Å². The zero-order valence-corrected chi connectivity index (χ0v) is 13.9. The Balaban J connectivity index is 1.77. The van der Waals surface area contributed by atoms with Crippen molar-refractivity contribution in [2.45, 2.75) is 0 Å². The third-order valence-electron chi connectivity index (χ3n) is 4.19. The lowest BCUT2D eigenvalue weighted by Crippen LogP contribution is -2.14. The van der Waals surface area contributed by atoms with Crippen LogP contribution in [0.2, 0.25) is 0 Å². The molecule has 4 rings (SSSR count). The molecule has 0 saturated carbocycles. The van der Waals surface area contributed by atoms with Gasteiger partial charge in [-0.15, -0.1) is 0 Å². The molecule has 1 aliphatic rings. The molecule has 0 amide bonds. The van der Waals surface area contributed by atoms with Gasteiger partial charge in [-0.3, -0.25) is 4.79 Å². The third-order valence-corrected chi connectivity index (χ3v) is 4.19. The van der Waals surface area contributed by atoms with Gasteiger partial charge in [0.25, 0.3) is 0 Å². The second-order valence-corrected chi connectivity index (χ2v) is 5.74. The normalized spacial score (nSPS) is 13.0. The maximum absolute atomic E-state index is 13.0. The molecule has 0 radical (unpaired) electrons. The molecule has 0 bridgehead atoms. The van der Waals surface area contributed by atoms with Gasteiger partial charge in [0.1, 0.15) is 5.57 Å². The summed E-state index contributed by atoms with van der Waals surface area (Å²) in [5.74, 6) is 0.0946. The van der Waals surface area contributed by atoms with Gasteiger partial charge in [-0.1, -0.05) is 24.3 Å². The first kappa shape index (κ1) is 16.0. The van der Waals surface area contributed by atoms with Crippen LogP contribution in [0.4, 0.5) is 0 Å². The second-order valence-electron chi connectivity index (χ2n) is 5.74. The van der Waals surface area contributed by atoms with Crippen molar-refractivity contribution in [1.29, 1.82) is 0 Å². The standard InChI is InChI=1S/C20H15NO5/c1-24-20(23)14(8-12-6-7-17-18(9-12)26-11-25-17)19(22)15-10-21-16-5-3-2-4-13(15)16/h2-10,21H,11H2,1H3. The zero-order chi connectivity index (χ0) is 18.1. The summed E-state index contributed by atoms with van der Waals surface area (Å²) >= 11 is 0. The molecule has 2 heterocycles. The number of rotatable bonds is 4. The largest absolute Gasteiger partial charge is 0.465 e. The van der Waals surface area contributed by atoms with Gasteiger partial charge < -0.3 is 19.2 Å². The van der Waals surface area contributed by atoms with E-state index >= 15 is 0 Å². The lowest BCUT2D eigenvalue weighted by Gasteiger charge is -2.05. The monoisotopic (exact) mass is 349 g/mol. The summed E-state index contributed by atoms with van der Waals surface area (Å²) in [4.78, 5) is 28.3. The van der Waals surface area contributed by atoms with Crippen molar-refractivity contribution in [3.05, 3.63) is 65.4 Å². The van der Waals surface area contributed by atoms with Crippen LogP contribution in [0, 0.1) is 0 Å². The summed E-state index contributed by atoms with van der Waals surface area (Å²) in [5.41, 5.74) is 1.82. The fourth-order valence-corrected chi connectivity index (χ4v) is 2.90. The molecule has 1 aromatic heterocycles. The Morgan fingerprint density at radius 1 is 1.12 bits per heavy atom. The molecule has 6 heteroatoms. The fourth-order valence-electron chi connectivity index (χ4n) is 2.90. The molecule has 6 nitrogen and oxygen atoms in total. The minimum atomic E-state index is -0.696. The van der Waals surface area contributed by atoms with Crippen LogP contribution < -0.4 is 9.47 Å². The number of esters is 1. The van der Waals surface area contributed by atoms with Crippen LogP contribution in [-0.4, -0.2) is 30.6 Å². The van der Waals surface area contributed by atoms with E-state index in [0.717, 1.165) is 10.9 Å². The van der Waals surface area contributed by atoms with E-state index in [9.17, 15) is 9.59 Å². The summed E-state index contributed by atoms with van der Waals surface area (Å²) in [6.45, 7) is 0.153. The molecule has 0 spiro atoms. The highest BCUT2D eigenvalue weighted by Gasteiger charge is 2.23. The molecule has 0 unspecified atom stereocenters. The molecule has 0 saturated heterocycles. The van der Waals surface area contributed by atoms with Gasteiger partial charge in [0.05, 0.1) is 7.11 Å². The number of aromatic amines is 1. The SMILES string of the molecule is COC(=O)C(=Cc1ccc2c(c1)OCO2)C(=O)c1c[nH]c2ccccc12. The molecule has 26 heavy (non-hydrogen) atoms. The molecule has 130 valence electrons. The highest BCUT2D eigenvalue weighted by molar-refractivity contribution is 6.29. The van der Waals surface area contributed by atoms with E-state index in [0.29, 0.717) is 22.6 Å². The van der Waals surface area contributed by atoms with Crippen LogP contribution in [0.1, 0.15) is 15.9 Å². The van der Waals surface area contributed by atoms with Gasteiger partial charge in [0, 0.05) is 22.7 Å². The van der Waals surface area contributed by atoms with E-state index in [2.05, 4.69) is 4.98 Å². The molecule has 3 aromatic rings. The minimum Gasteiger partial charge on any atom is -0.465 e. The molecule has 0 fully saturated rings. The number of methoxy groups -OCH3 is 1. The van der Waals surface area contributed by atoms with Crippen molar-refractivity contribution < 1.29 is 23.8 Å². The maximum atomic E-state index is 13.0. The number of ketones is 1. The quantitative estimate of drug-likeness (QED) is 0.257. The predicted molar refractivity (Wildman–Crippen MR) is 95.2 cm³/mol. The number of carbonyl (C=O) groups is 2. The van der Waals surface area contributed by atoms with Crippen molar-refractivity contribution in [3.8, 4) is 11.5 Å². The van der Waals surface area contributed by atoms with E-state index in [-0.39, 0.29) is 12.4 Å². The average molecular weight is 349 g/mol. The molecule has 0 atom stereocenters. The number of carbonyl (C=O) groups excluding carboxylic acids is 2. The van der Waals surface area contributed by atoms with Crippen LogP contribution >= 0.6 is 0 Å². The number of Topliss-reactive ketones (excluding diaryl/α,β-unsaturated/α-hetero) is 1. The van der Waals surface area contributed by atoms with E-state index < -0.39 is 11.8 Å². The molecule has 2 aromatic carbocycles. The van der Waals surface area contributed by atoms with Crippen LogP contribution in [-0.2, 0) is 9.53 Å². The number of fused-ring (bicyclic) bond motifs is 2. The van der Waals surface area contributed by atoms with Crippen LogP contribution in [0.5, 0.6) is 11.5 Å². The first-order valence-corrected chi connectivity index (χ1v) is 7.98. The number of hydrogen-bond acceptors (Lipinski definition) is 5. The third kappa shape index (κ3) is 2.71. The number of hydrogen-bond donors (Lipinski definition) is 1. The summed E-state index contributed by atoms with van der Waals surface area (Å²) in [6.07, 6.45) is 3.10. The van der Waals surface area contributed by atoms with Crippen LogP contribution in [0.25, 0.3) is 17.0 Å².